The molecule has 0 spiro atoms. The number of hydrogen-bond donors (Lipinski definition) is 3. The third kappa shape index (κ3) is 3.17. The fraction of sp³-hybridized carbons (Fsp3) is 0.292. The Labute approximate surface area is 180 Å². The first-order valence-corrected chi connectivity index (χ1v) is 10.1. The average molecular weight is 420 g/mol. The van der Waals surface area contributed by atoms with Crippen LogP contribution in [0.3, 0.4) is 0 Å². The van der Waals surface area contributed by atoms with Crippen molar-refractivity contribution in [2.45, 2.75) is 31.5 Å². The number of aryl methyl sites for hydroxylation is 1. The zero-order valence-electron chi connectivity index (χ0n) is 17.2. The van der Waals surface area contributed by atoms with Gasteiger partial charge in [0.1, 0.15) is 0 Å². The molecule has 0 bridgehead atoms. The average Bonchev–Trinajstić information content (AvgIpc) is 3.23. The van der Waals surface area contributed by atoms with Gasteiger partial charge in [-0.25, -0.2) is 4.90 Å². The van der Waals surface area contributed by atoms with Crippen LogP contribution in [0, 0.1) is 18.8 Å². The van der Waals surface area contributed by atoms with Crippen LogP contribution >= 0.6 is 0 Å². The number of carboxylic acid groups (broad SMARTS) is 1. The lowest BCUT2D eigenvalue weighted by Crippen LogP contribution is -2.63. The number of amides is 2. The second-order valence-electron chi connectivity index (χ2n) is 8.09. The molecular weight excluding hydrogens is 396 g/mol. The molecule has 0 aliphatic carbocycles. The Balaban J connectivity index is 1.81. The zero-order valence-corrected chi connectivity index (χ0v) is 17.2. The predicted octanol–water partition coefficient (Wildman–Crippen LogP) is 1.99. The van der Waals surface area contributed by atoms with Crippen molar-refractivity contribution in [2.75, 3.05) is 4.90 Å². The van der Waals surface area contributed by atoms with Gasteiger partial charge in [-0.05, 0) is 31.0 Å². The van der Waals surface area contributed by atoms with E-state index < -0.39 is 47.3 Å². The highest BCUT2D eigenvalue weighted by Gasteiger charge is 2.69. The van der Waals surface area contributed by atoms with E-state index in [-0.39, 0.29) is 0 Å². The zero-order chi connectivity index (χ0) is 22.3. The number of anilines is 1. The van der Waals surface area contributed by atoms with Crippen LogP contribution in [0.15, 0.2) is 60.7 Å². The molecule has 2 aliphatic heterocycles. The number of imide groups is 1. The number of carbonyl (C=O) groups is 3. The number of aliphatic carboxylic acids is 1. The van der Waals surface area contributed by atoms with Crippen molar-refractivity contribution in [3.63, 3.8) is 0 Å². The van der Waals surface area contributed by atoms with Gasteiger partial charge in [0.2, 0.25) is 11.8 Å². The van der Waals surface area contributed by atoms with E-state index in [1.54, 1.807) is 43.3 Å². The van der Waals surface area contributed by atoms with E-state index >= 15 is 0 Å². The molecule has 7 nitrogen and oxygen atoms in total. The molecule has 5 atom stereocenters. The Kier molecular flexibility index (Phi) is 5.24. The fourth-order valence-electron chi connectivity index (χ4n) is 4.74. The highest BCUT2D eigenvalue weighted by molar-refractivity contribution is 6.24. The molecule has 2 heterocycles. The van der Waals surface area contributed by atoms with Gasteiger partial charge in [0, 0.05) is 6.04 Å². The summed E-state index contributed by atoms with van der Waals surface area (Å²) >= 11 is 0. The van der Waals surface area contributed by atoms with Crippen LogP contribution < -0.4 is 10.2 Å². The number of rotatable bonds is 5. The molecule has 160 valence electrons. The van der Waals surface area contributed by atoms with Crippen LogP contribution in [-0.2, 0) is 14.4 Å². The van der Waals surface area contributed by atoms with Crippen molar-refractivity contribution >= 4 is 29.5 Å². The van der Waals surface area contributed by atoms with Gasteiger partial charge >= 0.3 is 5.97 Å². The number of fused-ring (bicyclic) bond motifs is 1. The highest BCUT2D eigenvalue weighted by atomic mass is 16.4. The van der Waals surface area contributed by atoms with E-state index in [4.69, 9.17) is 0 Å². The molecule has 0 aromatic heterocycles. The topological polar surface area (TPSA) is 107 Å². The summed E-state index contributed by atoms with van der Waals surface area (Å²) in [5.41, 5.74) is 0.0629. The summed E-state index contributed by atoms with van der Waals surface area (Å²) in [5, 5.41) is 23.5. The number of nitrogens with one attached hydrogen (secondary N) is 1. The molecule has 4 rings (SSSR count). The Morgan fingerprint density at radius 1 is 1.10 bits per heavy atom. The Morgan fingerprint density at radius 3 is 2.35 bits per heavy atom. The molecule has 2 aliphatic rings. The van der Waals surface area contributed by atoms with Gasteiger partial charge in [0.25, 0.3) is 0 Å². The van der Waals surface area contributed by atoms with Crippen LogP contribution in [-0.4, -0.2) is 45.7 Å². The number of aliphatic hydroxyl groups is 1. The predicted molar refractivity (Wildman–Crippen MR) is 115 cm³/mol. The number of nitrogens with zero attached hydrogens (tertiary/aromatic N) is 1. The van der Waals surface area contributed by atoms with Gasteiger partial charge in [-0.15, -0.1) is 0 Å². The summed E-state index contributed by atoms with van der Waals surface area (Å²) in [6, 6.07) is 15.6. The van der Waals surface area contributed by atoms with Crippen molar-refractivity contribution < 1.29 is 24.6 Å². The number of carbonyl (C=O) groups excluding carboxylic acids is 2. The van der Waals surface area contributed by atoms with Gasteiger partial charge < -0.3 is 10.2 Å². The maximum atomic E-state index is 13.5. The van der Waals surface area contributed by atoms with Crippen LogP contribution in [0.1, 0.15) is 18.1 Å². The van der Waals surface area contributed by atoms with Crippen molar-refractivity contribution in [1.82, 2.24) is 5.32 Å². The number of carboxylic acids is 1. The molecule has 0 saturated carbocycles. The molecule has 2 amide bonds. The minimum atomic E-state index is -1.97. The first-order valence-electron chi connectivity index (χ1n) is 10.1. The van der Waals surface area contributed by atoms with Crippen LogP contribution in [0.25, 0.3) is 6.08 Å². The first kappa shape index (κ1) is 21.0. The molecule has 5 unspecified atom stereocenters. The smallest absolute Gasteiger partial charge is 0.327 e. The molecule has 2 aromatic rings. The summed E-state index contributed by atoms with van der Waals surface area (Å²) in [5.74, 6) is -4.62. The lowest BCUT2D eigenvalue weighted by atomic mass is 9.77. The lowest BCUT2D eigenvalue weighted by Gasteiger charge is -2.33. The van der Waals surface area contributed by atoms with E-state index in [0.717, 1.165) is 16.0 Å². The monoisotopic (exact) mass is 420 g/mol. The minimum Gasteiger partial charge on any atom is -0.480 e. The first-order chi connectivity index (χ1) is 14.8. The van der Waals surface area contributed by atoms with E-state index in [0.29, 0.717) is 5.69 Å². The normalized spacial score (nSPS) is 28.9. The molecule has 7 heteroatoms. The summed E-state index contributed by atoms with van der Waals surface area (Å²) in [4.78, 5) is 40.4. The van der Waals surface area contributed by atoms with Gasteiger partial charge in [0.15, 0.2) is 5.54 Å². The summed E-state index contributed by atoms with van der Waals surface area (Å²) in [6.07, 6.45) is 2.08. The van der Waals surface area contributed by atoms with Crippen molar-refractivity contribution in [3.8, 4) is 0 Å². The molecule has 2 saturated heterocycles. The molecule has 3 N–H and O–H groups in total. The van der Waals surface area contributed by atoms with Crippen molar-refractivity contribution in [3.05, 3.63) is 71.8 Å². The van der Waals surface area contributed by atoms with Crippen molar-refractivity contribution in [2.24, 2.45) is 11.8 Å². The summed E-state index contributed by atoms with van der Waals surface area (Å²) in [6.45, 7) is 3.11. The molecule has 31 heavy (non-hydrogen) atoms. The fourth-order valence-corrected chi connectivity index (χ4v) is 4.74. The molecular formula is C24H24N2O5. The van der Waals surface area contributed by atoms with Crippen LogP contribution in [0.4, 0.5) is 5.69 Å². The lowest BCUT2D eigenvalue weighted by molar-refractivity contribution is -0.154. The van der Waals surface area contributed by atoms with Crippen LogP contribution in [0.2, 0.25) is 0 Å². The maximum absolute atomic E-state index is 13.5. The van der Waals surface area contributed by atoms with Crippen molar-refractivity contribution in [1.29, 1.82) is 0 Å². The summed E-state index contributed by atoms with van der Waals surface area (Å²) in [7, 11) is 0. The van der Waals surface area contributed by atoms with Crippen LogP contribution in [0.5, 0.6) is 0 Å². The second kappa shape index (κ2) is 7.76. The Hall–Kier alpha value is -3.29. The van der Waals surface area contributed by atoms with E-state index in [1.807, 2.05) is 30.3 Å². The third-order valence-corrected chi connectivity index (χ3v) is 6.30. The Bertz CT molecular complexity index is 1060. The molecule has 2 fully saturated rings. The molecule has 0 radical (unpaired) electrons. The third-order valence-electron chi connectivity index (χ3n) is 6.30. The van der Waals surface area contributed by atoms with E-state index in [2.05, 4.69) is 5.32 Å². The van der Waals surface area contributed by atoms with Gasteiger partial charge in [-0.2, -0.15) is 0 Å². The standard InChI is InChI=1S/C24H24N2O5/c1-14-8-6-7-11-18(14)26-21(28)19-17(13-12-16-9-4-3-5-10-16)25-24(15(2)27,23(30)31)20(19)22(26)29/h3-13,15,17,19-20,25,27H,1-2H3,(H,30,31)/b13-12+. The highest BCUT2D eigenvalue weighted by Crippen LogP contribution is 2.46. The number of benzene rings is 2. The second-order valence-corrected chi connectivity index (χ2v) is 8.09. The Morgan fingerprint density at radius 2 is 1.74 bits per heavy atom. The number of hydrogen-bond acceptors (Lipinski definition) is 5. The quantitative estimate of drug-likeness (QED) is 0.639. The minimum absolute atomic E-state index is 0.433. The number of aliphatic hydroxyl groups excluding tert-OH is 1. The van der Waals surface area contributed by atoms with Gasteiger partial charge in [0.05, 0.1) is 23.6 Å². The summed E-state index contributed by atoms with van der Waals surface area (Å²) < 4.78 is 0. The van der Waals surface area contributed by atoms with Gasteiger partial charge in [-0.3, -0.25) is 19.7 Å². The molecule has 2 aromatic carbocycles. The maximum Gasteiger partial charge on any atom is 0.327 e. The SMILES string of the molecule is Cc1ccccc1N1C(=O)C2C(/C=C/c3ccccc3)NC(C(=O)O)(C(C)O)C2C1=O. The van der Waals surface area contributed by atoms with Gasteiger partial charge in [-0.1, -0.05) is 60.7 Å². The number of para-hydroxylation sites is 1. The van der Waals surface area contributed by atoms with E-state index in [1.165, 1.54) is 6.92 Å². The van der Waals surface area contributed by atoms with E-state index in [9.17, 15) is 24.6 Å². The largest absolute Gasteiger partial charge is 0.480 e.